The highest BCUT2D eigenvalue weighted by Gasteiger charge is 2.31. The Morgan fingerprint density at radius 3 is 2.39 bits per heavy atom. The Balaban J connectivity index is 2.55. The highest BCUT2D eigenvalue weighted by molar-refractivity contribution is 5.82. The van der Waals surface area contributed by atoms with E-state index < -0.39 is 0 Å². The summed E-state index contributed by atoms with van der Waals surface area (Å²) in [4.78, 5) is 14.5. The van der Waals surface area contributed by atoms with Crippen molar-refractivity contribution in [3.8, 4) is 0 Å². The van der Waals surface area contributed by atoms with Crippen LogP contribution in [0.2, 0.25) is 0 Å². The molecule has 0 aromatic carbocycles. The third kappa shape index (κ3) is 4.08. The fourth-order valence-electron chi connectivity index (χ4n) is 3.34. The van der Waals surface area contributed by atoms with Gasteiger partial charge in [0.2, 0.25) is 0 Å². The average molecular weight is 253 g/mol. The van der Waals surface area contributed by atoms with E-state index in [0.717, 1.165) is 37.6 Å². The van der Waals surface area contributed by atoms with Gasteiger partial charge in [-0.1, -0.05) is 27.7 Å². The lowest BCUT2D eigenvalue weighted by Gasteiger charge is -2.35. The summed E-state index contributed by atoms with van der Waals surface area (Å²) >= 11 is 0. The van der Waals surface area contributed by atoms with Crippen molar-refractivity contribution in [2.45, 2.75) is 65.8 Å². The second-order valence-electron chi connectivity index (χ2n) is 6.35. The molecule has 106 valence electrons. The molecular formula is C16H31NO. The van der Waals surface area contributed by atoms with E-state index in [0.29, 0.717) is 11.8 Å². The fraction of sp³-hybridized carbons (Fsp3) is 0.938. The number of ketones is 1. The monoisotopic (exact) mass is 253 g/mol. The summed E-state index contributed by atoms with van der Waals surface area (Å²) in [5.41, 5.74) is 0. The zero-order valence-electron chi connectivity index (χ0n) is 12.9. The van der Waals surface area contributed by atoms with Crippen LogP contribution in [0, 0.1) is 17.8 Å². The Bertz CT molecular complexity index is 258. The van der Waals surface area contributed by atoms with Crippen LogP contribution in [0.3, 0.4) is 0 Å². The van der Waals surface area contributed by atoms with Crippen molar-refractivity contribution in [2.24, 2.45) is 17.8 Å². The van der Waals surface area contributed by atoms with Crippen molar-refractivity contribution in [3.63, 3.8) is 0 Å². The molecule has 2 nitrogen and oxygen atoms in total. The number of carbonyl (C=O) groups is 1. The summed E-state index contributed by atoms with van der Waals surface area (Å²) in [5, 5.41) is 0. The molecule has 0 amide bonds. The van der Waals surface area contributed by atoms with E-state index in [9.17, 15) is 4.79 Å². The van der Waals surface area contributed by atoms with Crippen LogP contribution in [0.5, 0.6) is 0 Å². The maximum absolute atomic E-state index is 12.1. The van der Waals surface area contributed by atoms with Gasteiger partial charge in [-0.2, -0.15) is 0 Å². The SMILES string of the molecule is CCC(CC)N(C)CC1CC(C(C)C)CCC1=O. The van der Waals surface area contributed by atoms with Crippen LogP contribution < -0.4 is 0 Å². The minimum absolute atomic E-state index is 0.289. The maximum atomic E-state index is 12.1. The molecule has 0 aliphatic heterocycles. The minimum Gasteiger partial charge on any atom is -0.303 e. The molecular weight excluding hydrogens is 222 g/mol. The maximum Gasteiger partial charge on any atom is 0.137 e. The molecule has 1 fully saturated rings. The first-order chi connectivity index (χ1) is 8.49. The predicted octanol–water partition coefficient (Wildman–Crippen LogP) is 3.75. The number of hydrogen-bond acceptors (Lipinski definition) is 2. The summed E-state index contributed by atoms with van der Waals surface area (Å²) in [5.74, 6) is 2.27. The van der Waals surface area contributed by atoms with Gasteiger partial charge in [0.15, 0.2) is 0 Å². The van der Waals surface area contributed by atoms with Crippen LogP contribution in [-0.4, -0.2) is 30.3 Å². The molecule has 2 atom stereocenters. The first-order valence-corrected chi connectivity index (χ1v) is 7.72. The summed E-state index contributed by atoms with van der Waals surface area (Å²) in [7, 11) is 2.18. The Kier molecular flexibility index (Phi) is 6.34. The van der Waals surface area contributed by atoms with E-state index in [1.54, 1.807) is 0 Å². The van der Waals surface area contributed by atoms with Gasteiger partial charge in [-0.15, -0.1) is 0 Å². The molecule has 1 aliphatic rings. The Morgan fingerprint density at radius 1 is 1.28 bits per heavy atom. The van der Waals surface area contributed by atoms with Gasteiger partial charge in [-0.05, 0) is 44.6 Å². The molecule has 0 aromatic heterocycles. The van der Waals surface area contributed by atoms with Gasteiger partial charge in [0.25, 0.3) is 0 Å². The van der Waals surface area contributed by atoms with E-state index in [4.69, 9.17) is 0 Å². The van der Waals surface area contributed by atoms with Crippen LogP contribution in [-0.2, 0) is 4.79 Å². The van der Waals surface area contributed by atoms with Gasteiger partial charge >= 0.3 is 0 Å². The summed E-state index contributed by atoms with van der Waals surface area (Å²) in [6, 6.07) is 0.636. The lowest BCUT2D eigenvalue weighted by atomic mass is 9.75. The van der Waals surface area contributed by atoms with Crippen molar-refractivity contribution >= 4 is 5.78 Å². The van der Waals surface area contributed by atoms with Crippen molar-refractivity contribution in [2.75, 3.05) is 13.6 Å². The van der Waals surface area contributed by atoms with E-state index in [2.05, 4.69) is 39.6 Å². The molecule has 1 rings (SSSR count). The largest absolute Gasteiger partial charge is 0.303 e. The highest BCUT2D eigenvalue weighted by Crippen LogP contribution is 2.32. The molecule has 0 radical (unpaired) electrons. The minimum atomic E-state index is 0.289. The number of rotatable bonds is 6. The van der Waals surface area contributed by atoms with Crippen LogP contribution in [0.4, 0.5) is 0 Å². The molecule has 0 bridgehead atoms. The van der Waals surface area contributed by atoms with Crippen molar-refractivity contribution in [3.05, 3.63) is 0 Å². The molecule has 0 aromatic rings. The zero-order valence-corrected chi connectivity index (χ0v) is 12.9. The normalized spacial score (nSPS) is 25.4. The molecule has 1 saturated carbocycles. The molecule has 18 heavy (non-hydrogen) atoms. The first kappa shape index (κ1) is 15.7. The molecule has 1 aliphatic carbocycles. The Labute approximate surface area is 113 Å². The van der Waals surface area contributed by atoms with Gasteiger partial charge in [0.05, 0.1) is 0 Å². The van der Waals surface area contributed by atoms with Gasteiger partial charge in [-0.3, -0.25) is 4.79 Å². The standard InChI is InChI=1S/C16H31NO/c1-6-15(7-2)17(5)11-14-10-13(12(3)4)8-9-16(14)18/h12-15H,6-11H2,1-5H3. The number of hydrogen-bond donors (Lipinski definition) is 0. The summed E-state index contributed by atoms with van der Waals surface area (Å²) in [6.07, 6.45) is 5.40. The van der Waals surface area contributed by atoms with Gasteiger partial charge in [0.1, 0.15) is 5.78 Å². The van der Waals surface area contributed by atoms with Crippen LogP contribution in [0.15, 0.2) is 0 Å². The number of Topliss-reactive ketones (excluding diaryl/α,β-unsaturated/α-hetero) is 1. The van der Waals surface area contributed by atoms with E-state index in [1.807, 2.05) is 0 Å². The second-order valence-corrected chi connectivity index (χ2v) is 6.35. The van der Waals surface area contributed by atoms with Gasteiger partial charge in [-0.25, -0.2) is 0 Å². The number of carbonyl (C=O) groups excluding carboxylic acids is 1. The summed E-state index contributed by atoms with van der Waals surface area (Å²) in [6.45, 7) is 10.0. The van der Waals surface area contributed by atoms with Crippen LogP contribution in [0.25, 0.3) is 0 Å². The molecule has 2 unspecified atom stereocenters. The molecule has 2 heteroatoms. The van der Waals surface area contributed by atoms with Gasteiger partial charge < -0.3 is 4.90 Å². The van der Waals surface area contributed by atoms with Crippen molar-refractivity contribution < 1.29 is 4.79 Å². The average Bonchev–Trinajstić information content (AvgIpc) is 2.33. The zero-order chi connectivity index (χ0) is 13.7. The van der Waals surface area contributed by atoms with Crippen molar-refractivity contribution in [1.82, 2.24) is 4.90 Å². The molecule has 0 saturated heterocycles. The first-order valence-electron chi connectivity index (χ1n) is 7.72. The molecule has 0 spiro atoms. The van der Waals surface area contributed by atoms with E-state index >= 15 is 0 Å². The highest BCUT2D eigenvalue weighted by atomic mass is 16.1. The Morgan fingerprint density at radius 2 is 1.89 bits per heavy atom. The summed E-state index contributed by atoms with van der Waals surface area (Å²) < 4.78 is 0. The lowest BCUT2D eigenvalue weighted by Crippen LogP contribution is -2.40. The topological polar surface area (TPSA) is 20.3 Å². The third-order valence-corrected chi connectivity index (χ3v) is 4.82. The van der Waals surface area contributed by atoms with E-state index in [-0.39, 0.29) is 5.92 Å². The second kappa shape index (κ2) is 7.28. The van der Waals surface area contributed by atoms with Gasteiger partial charge in [0, 0.05) is 24.9 Å². The Hall–Kier alpha value is -0.370. The van der Waals surface area contributed by atoms with Crippen LogP contribution in [0.1, 0.15) is 59.8 Å². The van der Waals surface area contributed by atoms with Crippen LogP contribution >= 0.6 is 0 Å². The molecule has 0 N–H and O–H groups in total. The fourth-order valence-corrected chi connectivity index (χ4v) is 3.34. The lowest BCUT2D eigenvalue weighted by molar-refractivity contribution is -0.126. The van der Waals surface area contributed by atoms with E-state index in [1.165, 1.54) is 12.8 Å². The smallest absolute Gasteiger partial charge is 0.137 e. The van der Waals surface area contributed by atoms with Crippen molar-refractivity contribution in [1.29, 1.82) is 0 Å². The predicted molar refractivity (Wildman–Crippen MR) is 77.7 cm³/mol. The molecule has 0 heterocycles. The third-order valence-electron chi connectivity index (χ3n) is 4.82. The number of nitrogens with zero attached hydrogens (tertiary/aromatic N) is 1. The quantitative estimate of drug-likeness (QED) is 0.718.